The van der Waals surface area contributed by atoms with Crippen molar-refractivity contribution in [2.24, 2.45) is 5.73 Å². The highest BCUT2D eigenvalue weighted by Crippen LogP contribution is 2.09. The minimum atomic E-state index is -0.335. The summed E-state index contributed by atoms with van der Waals surface area (Å²) >= 11 is 1.73. The van der Waals surface area contributed by atoms with Crippen LogP contribution in [-0.4, -0.2) is 30.4 Å². The van der Waals surface area contributed by atoms with Crippen LogP contribution in [0.4, 0.5) is 0 Å². The molecule has 2 N–H and O–H groups in total. The van der Waals surface area contributed by atoms with Gasteiger partial charge in [-0.25, -0.2) is 0 Å². The number of hydrogen-bond acceptors (Lipinski definition) is 3. The number of carbonyl (C=O) groups is 1. The normalized spacial score (nSPS) is 12.4. The highest BCUT2D eigenvalue weighted by atomic mass is 32.1. The number of thiophene rings is 1. The van der Waals surface area contributed by atoms with Gasteiger partial charge < -0.3 is 10.6 Å². The summed E-state index contributed by atoms with van der Waals surface area (Å²) in [6.07, 6.45) is 2.63. The molecule has 1 heterocycles. The first-order valence-corrected chi connectivity index (χ1v) is 6.56. The van der Waals surface area contributed by atoms with Gasteiger partial charge in [0.25, 0.3) is 0 Å². The first-order chi connectivity index (χ1) is 7.65. The monoisotopic (exact) mass is 240 g/mol. The van der Waals surface area contributed by atoms with Crippen molar-refractivity contribution < 1.29 is 4.79 Å². The molecule has 0 fully saturated rings. The molecule has 0 aliphatic heterocycles. The number of hydrogen-bond donors (Lipinski definition) is 1. The number of likely N-dealkylation sites (N-methyl/N-ethyl adjacent to an activating group) is 1. The van der Waals surface area contributed by atoms with Crippen LogP contribution in [0.1, 0.15) is 24.6 Å². The lowest BCUT2D eigenvalue weighted by molar-refractivity contribution is -0.131. The van der Waals surface area contributed by atoms with Crippen LogP contribution in [0.15, 0.2) is 17.5 Å². The average molecular weight is 240 g/mol. The molecule has 90 valence electrons. The van der Waals surface area contributed by atoms with Gasteiger partial charge in [-0.05, 0) is 24.3 Å². The van der Waals surface area contributed by atoms with Gasteiger partial charge >= 0.3 is 0 Å². The summed E-state index contributed by atoms with van der Waals surface area (Å²) in [5, 5.41) is 2.06. The average Bonchev–Trinajstić information content (AvgIpc) is 2.78. The van der Waals surface area contributed by atoms with Crippen LogP contribution in [0.3, 0.4) is 0 Å². The Hall–Kier alpha value is -0.870. The molecule has 0 aliphatic rings. The highest BCUT2D eigenvalue weighted by Gasteiger charge is 2.16. The first kappa shape index (κ1) is 13.2. The van der Waals surface area contributed by atoms with Crippen molar-refractivity contribution in [3.63, 3.8) is 0 Å². The van der Waals surface area contributed by atoms with E-state index in [4.69, 9.17) is 5.73 Å². The molecule has 0 saturated carbocycles. The first-order valence-electron chi connectivity index (χ1n) is 5.68. The Labute approximate surface area is 101 Å². The summed E-state index contributed by atoms with van der Waals surface area (Å²) in [5.74, 6) is 0.0541. The van der Waals surface area contributed by atoms with Gasteiger partial charge in [-0.1, -0.05) is 19.4 Å². The van der Waals surface area contributed by atoms with Crippen LogP contribution in [0.5, 0.6) is 0 Å². The van der Waals surface area contributed by atoms with E-state index in [0.29, 0.717) is 0 Å². The minimum absolute atomic E-state index is 0.0541. The van der Waals surface area contributed by atoms with Gasteiger partial charge in [-0.2, -0.15) is 0 Å². The van der Waals surface area contributed by atoms with E-state index in [1.807, 2.05) is 20.0 Å². The molecule has 4 heteroatoms. The van der Waals surface area contributed by atoms with E-state index < -0.39 is 0 Å². The molecular weight excluding hydrogens is 220 g/mol. The Kier molecular flexibility index (Phi) is 5.49. The predicted molar refractivity (Wildman–Crippen MR) is 68.5 cm³/mol. The van der Waals surface area contributed by atoms with Crippen LogP contribution < -0.4 is 5.73 Å². The van der Waals surface area contributed by atoms with E-state index in [1.165, 1.54) is 4.88 Å². The Morgan fingerprint density at radius 1 is 1.62 bits per heavy atom. The van der Waals surface area contributed by atoms with E-state index >= 15 is 0 Å². The SMILES string of the molecule is CCC[C@@H](N)C(=O)N(C)CCc1cccs1. The second kappa shape index (κ2) is 6.66. The fourth-order valence-corrected chi connectivity index (χ4v) is 2.26. The van der Waals surface area contributed by atoms with Crippen LogP contribution >= 0.6 is 11.3 Å². The molecule has 0 saturated heterocycles. The molecule has 1 atom stereocenters. The van der Waals surface area contributed by atoms with E-state index in [9.17, 15) is 4.79 Å². The zero-order valence-corrected chi connectivity index (χ0v) is 10.8. The predicted octanol–water partition coefficient (Wildman–Crippen LogP) is 1.88. The van der Waals surface area contributed by atoms with Crippen molar-refractivity contribution >= 4 is 17.2 Å². The van der Waals surface area contributed by atoms with E-state index in [1.54, 1.807) is 16.2 Å². The zero-order chi connectivity index (χ0) is 12.0. The molecule has 3 nitrogen and oxygen atoms in total. The highest BCUT2D eigenvalue weighted by molar-refractivity contribution is 7.09. The number of nitrogens with zero attached hydrogens (tertiary/aromatic N) is 1. The lowest BCUT2D eigenvalue weighted by atomic mass is 10.1. The fourth-order valence-electron chi connectivity index (χ4n) is 1.56. The third kappa shape index (κ3) is 3.94. The number of rotatable bonds is 6. The van der Waals surface area contributed by atoms with Crippen molar-refractivity contribution in [1.82, 2.24) is 4.90 Å². The smallest absolute Gasteiger partial charge is 0.239 e. The van der Waals surface area contributed by atoms with Crippen molar-refractivity contribution in [3.8, 4) is 0 Å². The maximum absolute atomic E-state index is 11.8. The topological polar surface area (TPSA) is 46.3 Å². The molecule has 1 aromatic rings. The number of carbonyl (C=O) groups excluding carboxylic acids is 1. The van der Waals surface area contributed by atoms with E-state index in [-0.39, 0.29) is 11.9 Å². The van der Waals surface area contributed by atoms with Gasteiger partial charge in [0.2, 0.25) is 5.91 Å². The van der Waals surface area contributed by atoms with Gasteiger partial charge in [0.05, 0.1) is 6.04 Å². The van der Waals surface area contributed by atoms with E-state index in [0.717, 1.165) is 25.8 Å². The van der Waals surface area contributed by atoms with Gasteiger partial charge in [0.1, 0.15) is 0 Å². The van der Waals surface area contributed by atoms with Crippen molar-refractivity contribution in [2.75, 3.05) is 13.6 Å². The van der Waals surface area contributed by atoms with Crippen molar-refractivity contribution in [3.05, 3.63) is 22.4 Å². The van der Waals surface area contributed by atoms with Crippen LogP contribution in [0.2, 0.25) is 0 Å². The number of nitrogens with two attached hydrogens (primary N) is 1. The molecule has 1 aromatic heterocycles. The molecule has 0 bridgehead atoms. The van der Waals surface area contributed by atoms with Crippen molar-refractivity contribution in [2.45, 2.75) is 32.2 Å². The second-order valence-corrected chi connectivity index (χ2v) is 5.02. The summed E-state index contributed by atoms with van der Waals surface area (Å²) < 4.78 is 0. The van der Waals surface area contributed by atoms with Crippen LogP contribution in [0, 0.1) is 0 Å². The second-order valence-electron chi connectivity index (χ2n) is 3.98. The maximum atomic E-state index is 11.8. The summed E-state index contributed by atoms with van der Waals surface area (Å²) in [6.45, 7) is 2.79. The molecule has 0 spiro atoms. The van der Waals surface area contributed by atoms with Crippen LogP contribution in [0.25, 0.3) is 0 Å². The summed E-state index contributed by atoms with van der Waals surface area (Å²) in [5.41, 5.74) is 5.79. The molecule has 0 radical (unpaired) electrons. The van der Waals surface area contributed by atoms with Crippen LogP contribution in [-0.2, 0) is 11.2 Å². The fraction of sp³-hybridized carbons (Fsp3) is 0.583. The lowest BCUT2D eigenvalue weighted by Crippen LogP contribution is -2.42. The van der Waals surface area contributed by atoms with Gasteiger partial charge in [0.15, 0.2) is 0 Å². The number of amides is 1. The van der Waals surface area contributed by atoms with Crippen molar-refractivity contribution in [1.29, 1.82) is 0 Å². The lowest BCUT2D eigenvalue weighted by Gasteiger charge is -2.20. The van der Waals surface area contributed by atoms with Gasteiger partial charge in [-0.3, -0.25) is 4.79 Å². The Bertz CT molecular complexity index is 311. The molecule has 0 aromatic carbocycles. The third-order valence-corrected chi connectivity index (χ3v) is 3.50. The maximum Gasteiger partial charge on any atom is 0.239 e. The Morgan fingerprint density at radius 3 is 2.94 bits per heavy atom. The minimum Gasteiger partial charge on any atom is -0.344 e. The molecule has 16 heavy (non-hydrogen) atoms. The molecule has 0 unspecified atom stereocenters. The third-order valence-electron chi connectivity index (χ3n) is 2.57. The quantitative estimate of drug-likeness (QED) is 0.825. The van der Waals surface area contributed by atoms with Gasteiger partial charge in [0, 0.05) is 18.5 Å². The molecule has 0 aliphatic carbocycles. The molecule has 1 amide bonds. The summed E-state index contributed by atoms with van der Waals surface area (Å²) in [6, 6.07) is 3.79. The summed E-state index contributed by atoms with van der Waals surface area (Å²) in [7, 11) is 1.82. The Balaban J connectivity index is 2.34. The van der Waals surface area contributed by atoms with Gasteiger partial charge in [-0.15, -0.1) is 11.3 Å². The van der Waals surface area contributed by atoms with E-state index in [2.05, 4.69) is 11.4 Å². The standard InChI is InChI=1S/C12H20N2OS/c1-3-5-11(13)12(15)14(2)8-7-10-6-4-9-16-10/h4,6,9,11H,3,5,7-8,13H2,1-2H3/t11-/m1/s1. The molecular formula is C12H20N2OS. The largest absolute Gasteiger partial charge is 0.344 e. The zero-order valence-electron chi connectivity index (χ0n) is 9.98. The Morgan fingerprint density at radius 2 is 2.38 bits per heavy atom. The summed E-state index contributed by atoms with van der Waals surface area (Å²) in [4.78, 5) is 14.8. The molecule has 1 rings (SSSR count).